The SMILES string of the molecule is CN(Cc1cc(C#N)ccc1F)C(=O)C1CCCCC1N. The minimum absolute atomic E-state index is 0.0380. The van der Waals surface area contributed by atoms with Gasteiger partial charge in [-0.25, -0.2) is 4.39 Å². The zero-order valence-corrected chi connectivity index (χ0v) is 12.2. The number of nitrogens with two attached hydrogens (primary N) is 1. The van der Waals surface area contributed by atoms with Crippen LogP contribution in [-0.4, -0.2) is 23.9 Å². The van der Waals surface area contributed by atoms with E-state index in [0.29, 0.717) is 11.1 Å². The molecule has 0 aromatic heterocycles. The number of nitriles is 1. The Bertz CT molecular complexity index is 567. The molecule has 1 aromatic rings. The van der Waals surface area contributed by atoms with Gasteiger partial charge < -0.3 is 10.6 Å². The van der Waals surface area contributed by atoms with Crippen LogP contribution >= 0.6 is 0 Å². The van der Waals surface area contributed by atoms with Gasteiger partial charge in [-0.1, -0.05) is 12.8 Å². The summed E-state index contributed by atoms with van der Waals surface area (Å²) in [6.07, 6.45) is 3.73. The molecule has 2 unspecified atom stereocenters. The van der Waals surface area contributed by atoms with Gasteiger partial charge in [0.05, 0.1) is 17.6 Å². The van der Waals surface area contributed by atoms with E-state index < -0.39 is 5.82 Å². The number of hydrogen-bond donors (Lipinski definition) is 1. The molecule has 1 amide bonds. The van der Waals surface area contributed by atoms with Crippen LogP contribution in [0, 0.1) is 23.1 Å². The Kier molecular flexibility index (Phi) is 4.92. The van der Waals surface area contributed by atoms with Crippen LogP contribution in [0.25, 0.3) is 0 Å². The van der Waals surface area contributed by atoms with Crippen LogP contribution in [-0.2, 0) is 11.3 Å². The standard InChI is InChI=1S/C16H20FN3O/c1-20(16(21)13-4-2-3-5-15(13)19)10-12-8-11(9-18)6-7-14(12)17/h6-8,13,15H,2-5,10,19H2,1H3. The van der Waals surface area contributed by atoms with Crippen molar-refractivity contribution in [2.45, 2.75) is 38.3 Å². The lowest BCUT2D eigenvalue weighted by Gasteiger charge is -2.31. The summed E-state index contributed by atoms with van der Waals surface area (Å²) in [7, 11) is 1.65. The minimum Gasteiger partial charge on any atom is -0.341 e. The van der Waals surface area contributed by atoms with Crippen LogP contribution in [0.2, 0.25) is 0 Å². The first kappa shape index (κ1) is 15.5. The van der Waals surface area contributed by atoms with Crippen LogP contribution < -0.4 is 5.73 Å². The molecule has 1 aromatic carbocycles. The Balaban J connectivity index is 2.08. The van der Waals surface area contributed by atoms with Crippen LogP contribution in [0.5, 0.6) is 0 Å². The molecule has 21 heavy (non-hydrogen) atoms. The van der Waals surface area contributed by atoms with Gasteiger partial charge in [-0.3, -0.25) is 4.79 Å². The number of hydrogen-bond acceptors (Lipinski definition) is 3. The van der Waals surface area contributed by atoms with Gasteiger partial charge in [-0.2, -0.15) is 5.26 Å². The molecule has 1 aliphatic carbocycles. The van der Waals surface area contributed by atoms with Gasteiger partial charge in [-0.15, -0.1) is 0 Å². The third-order valence-electron chi connectivity index (χ3n) is 4.10. The van der Waals surface area contributed by atoms with E-state index in [1.54, 1.807) is 7.05 Å². The monoisotopic (exact) mass is 289 g/mol. The minimum atomic E-state index is -0.401. The van der Waals surface area contributed by atoms with Crippen LogP contribution in [0.1, 0.15) is 36.8 Å². The highest BCUT2D eigenvalue weighted by Crippen LogP contribution is 2.25. The maximum absolute atomic E-state index is 13.8. The molecule has 0 saturated heterocycles. The first-order chi connectivity index (χ1) is 10.0. The van der Waals surface area contributed by atoms with E-state index in [1.165, 1.54) is 23.1 Å². The first-order valence-corrected chi connectivity index (χ1v) is 7.22. The van der Waals surface area contributed by atoms with Crippen molar-refractivity contribution in [1.29, 1.82) is 5.26 Å². The molecule has 2 N–H and O–H groups in total. The predicted octanol–water partition coefficient (Wildman–Crippen LogP) is 2.17. The van der Waals surface area contributed by atoms with Gasteiger partial charge >= 0.3 is 0 Å². The lowest BCUT2D eigenvalue weighted by Crippen LogP contribution is -2.44. The molecule has 0 radical (unpaired) electrons. The molecule has 2 rings (SSSR count). The van der Waals surface area contributed by atoms with E-state index in [0.717, 1.165) is 25.7 Å². The number of benzene rings is 1. The number of nitrogens with zero attached hydrogens (tertiary/aromatic N) is 2. The van der Waals surface area contributed by atoms with E-state index in [9.17, 15) is 9.18 Å². The summed E-state index contributed by atoms with van der Waals surface area (Å²) < 4.78 is 13.8. The van der Waals surface area contributed by atoms with Crippen molar-refractivity contribution in [3.05, 3.63) is 35.1 Å². The van der Waals surface area contributed by atoms with Crippen LogP contribution in [0.3, 0.4) is 0 Å². The summed E-state index contributed by atoms with van der Waals surface area (Å²) in [4.78, 5) is 13.9. The second kappa shape index (κ2) is 6.68. The van der Waals surface area contributed by atoms with Gasteiger partial charge in [0, 0.05) is 25.2 Å². The molecule has 0 heterocycles. The van der Waals surface area contributed by atoms with Crippen molar-refractivity contribution in [2.24, 2.45) is 11.7 Å². The highest BCUT2D eigenvalue weighted by Gasteiger charge is 2.30. The molecule has 1 fully saturated rings. The normalized spacial score (nSPS) is 21.6. The van der Waals surface area contributed by atoms with E-state index in [2.05, 4.69) is 0 Å². The molecule has 0 aliphatic heterocycles. The predicted molar refractivity (Wildman–Crippen MR) is 77.5 cm³/mol. The Morgan fingerprint density at radius 3 is 2.86 bits per heavy atom. The van der Waals surface area contributed by atoms with Crippen LogP contribution in [0.15, 0.2) is 18.2 Å². The lowest BCUT2D eigenvalue weighted by molar-refractivity contribution is -0.136. The number of amides is 1. The average Bonchev–Trinajstić information content (AvgIpc) is 2.49. The van der Waals surface area contributed by atoms with Gasteiger partial charge in [-0.05, 0) is 31.0 Å². The van der Waals surface area contributed by atoms with Gasteiger partial charge in [0.2, 0.25) is 5.91 Å². The molecule has 0 spiro atoms. The topological polar surface area (TPSA) is 70.1 Å². The smallest absolute Gasteiger partial charge is 0.227 e. The second-order valence-corrected chi connectivity index (χ2v) is 5.67. The molecule has 112 valence electrons. The van der Waals surface area contributed by atoms with Crippen molar-refractivity contribution in [2.75, 3.05) is 7.05 Å². The zero-order valence-electron chi connectivity index (χ0n) is 12.2. The third kappa shape index (κ3) is 3.59. The third-order valence-corrected chi connectivity index (χ3v) is 4.10. The van der Waals surface area contributed by atoms with Crippen molar-refractivity contribution in [1.82, 2.24) is 4.90 Å². The molecule has 4 nitrogen and oxygen atoms in total. The Morgan fingerprint density at radius 1 is 1.48 bits per heavy atom. The van der Waals surface area contributed by atoms with E-state index >= 15 is 0 Å². The summed E-state index contributed by atoms with van der Waals surface area (Å²) in [5, 5.41) is 8.87. The number of halogens is 1. The molecule has 0 bridgehead atoms. The van der Waals surface area contributed by atoms with Crippen molar-refractivity contribution >= 4 is 5.91 Å². The second-order valence-electron chi connectivity index (χ2n) is 5.67. The highest BCUT2D eigenvalue weighted by molar-refractivity contribution is 5.79. The maximum Gasteiger partial charge on any atom is 0.227 e. The van der Waals surface area contributed by atoms with Gasteiger partial charge in [0.25, 0.3) is 0 Å². The highest BCUT2D eigenvalue weighted by atomic mass is 19.1. The molecule has 1 saturated carbocycles. The summed E-state index contributed by atoms with van der Waals surface area (Å²) in [5.74, 6) is -0.614. The first-order valence-electron chi connectivity index (χ1n) is 7.22. The van der Waals surface area contributed by atoms with E-state index in [4.69, 9.17) is 11.0 Å². The molecule has 2 atom stereocenters. The van der Waals surface area contributed by atoms with E-state index in [-0.39, 0.29) is 24.4 Å². The molecule has 1 aliphatic rings. The maximum atomic E-state index is 13.8. The van der Waals surface area contributed by atoms with Gasteiger partial charge in [0.15, 0.2) is 0 Å². The fourth-order valence-corrected chi connectivity index (χ4v) is 2.85. The zero-order chi connectivity index (χ0) is 15.4. The summed E-state index contributed by atoms with van der Waals surface area (Å²) in [6.45, 7) is 0.156. The summed E-state index contributed by atoms with van der Waals surface area (Å²) >= 11 is 0. The largest absolute Gasteiger partial charge is 0.341 e. The Morgan fingerprint density at radius 2 is 2.19 bits per heavy atom. The number of rotatable bonds is 3. The molecule has 5 heteroatoms. The Hall–Kier alpha value is -1.93. The van der Waals surface area contributed by atoms with E-state index in [1.807, 2.05) is 6.07 Å². The van der Waals surface area contributed by atoms with Crippen LogP contribution in [0.4, 0.5) is 4.39 Å². The summed E-state index contributed by atoms with van der Waals surface area (Å²) in [6, 6.07) is 6.05. The quantitative estimate of drug-likeness (QED) is 0.927. The lowest BCUT2D eigenvalue weighted by atomic mass is 9.84. The fourth-order valence-electron chi connectivity index (χ4n) is 2.85. The molecular weight excluding hydrogens is 269 g/mol. The van der Waals surface area contributed by atoms with Crippen molar-refractivity contribution in [3.8, 4) is 6.07 Å². The molecular formula is C16H20FN3O. The average molecular weight is 289 g/mol. The van der Waals surface area contributed by atoms with Crippen molar-refractivity contribution in [3.63, 3.8) is 0 Å². The number of carbonyl (C=O) groups excluding carboxylic acids is 1. The van der Waals surface area contributed by atoms with Gasteiger partial charge in [0.1, 0.15) is 5.82 Å². The summed E-state index contributed by atoms with van der Waals surface area (Å²) in [5.41, 5.74) is 6.77. The van der Waals surface area contributed by atoms with Crippen molar-refractivity contribution < 1.29 is 9.18 Å². The number of carbonyl (C=O) groups is 1. The Labute approximate surface area is 124 Å². The fraction of sp³-hybridized carbons (Fsp3) is 0.500.